The number of aromatic nitrogens is 2. The van der Waals surface area contributed by atoms with Crippen LogP contribution in [0.25, 0.3) is 21.3 Å². The molecule has 4 rings (SSSR count). The van der Waals surface area contributed by atoms with Gasteiger partial charge >= 0.3 is 0 Å². The molecule has 0 saturated heterocycles. The predicted octanol–water partition coefficient (Wildman–Crippen LogP) is 4.16. The van der Waals surface area contributed by atoms with Crippen LogP contribution in [-0.2, 0) is 13.1 Å². The second-order valence-electron chi connectivity index (χ2n) is 6.41. The van der Waals surface area contributed by atoms with Crippen molar-refractivity contribution in [1.29, 1.82) is 5.26 Å². The van der Waals surface area contributed by atoms with E-state index in [1.807, 2.05) is 52.7 Å². The zero-order valence-electron chi connectivity index (χ0n) is 15.1. The van der Waals surface area contributed by atoms with Gasteiger partial charge in [0.15, 0.2) is 0 Å². The van der Waals surface area contributed by atoms with Crippen molar-refractivity contribution in [3.05, 3.63) is 76.0 Å². The molecule has 28 heavy (non-hydrogen) atoms. The lowest BCUT2D eigenvalue weighted by Crippen LogP contribution is -2.26. The van der Waals surface area contributed by atoms with Crippen LogP contribution >= 0.6 is 11.3 Å². The van der Waals surface area contributed by atoms with Crippen molar-refractivity contribution in [2.45, 2.75) is 19.5 Å². The molecule has 0 unspecified atom stereocenters. The normalized spacial score (nSPS) is 11.1. The lowest BCUT2D eigenvalue weighted by Gasteiger charge is -2.19. The molecule has 1 N–H and O–H groups in total. The standard InChI is InChI=1S/C21H18N4O2S/c22-9-5-10-25(12-16-8-4-11-27-16)13-18-23-20(26)19-17(14-28-21(19)24-18)15-6-2-1-3-7-15/h1-4,6-8,11,14H,5,10,12-13H2,(H,23,24,26). The summed E-state index contributed by atoms with van der Waals surface area (Å²) in [7, 11) is 0. The fourth-order valence-corrected chi connectivity index (χ4v) is 4.12. The summed E-state index contributed by atoms with van der Waals surface area (Å²) in [6.07, 6.45) is 2.02. The minimum absolute atomic E-state index is 0.140. The molecule has 6 nitrogen and oxygen atoms in total. The largest absolute Gasteiger partial charge is 0.468 e. The first-order chi connectivity index (χ1) is 13.7. The zero-order chi connectivity index (χ0) is 19.3. The molecule has 7 heteroatoms. The summed E-state index contributed by atoms with van der Waals surface area (Å²) in [6.45, 7) is 1.56. The van der Waals surface area contributed by atoms with Gasteiger partial charge in [-0.3, -0.25) is 9.69 Å². The first-order valence-electron chi connectivity index (χ1n) is 8.92. The molecule has 0 radical (unpaired) electrons. The van der Waals surface area contributed by atoms with Gasteiger partial charge in [0.25, 0.3) is 5.56 Å². The molecule has 4 aromatic rings. The highest BCUT2D eigenvalue weighted by atomic mass is 32.1. The maximum absolute atomic E-state index is 12.8. The SMILES string of the molecule is N#CCCN(Cc1nc2scc(-c3ccccc3)c2c(=O)[nH]1)Cc1ccco1. The summed E-state index contributed by atoms with van der Waals surface area (Å²) in [5.74, 6) is 1.40. The topological polar surface area (TPSA) is 85.9 Å². The lowest BCUT2D eigenvalue weighted by molar-refractivity contribution is 0.235. The molecule has 0 spiro atoms. The summed E-state index contributed by atoms with van der Waals surface area (Å²) in [5.41, 5.74) is 1.76. The number of thiophene rings is 1. The Hall–Kier alpha value is -3.21. The molecule has 0 amide bonds. The van der Waals surface area contributed by atoms with Gasteiger partial charge in [0.2, 0.25) is 0 Å². The first kappa shape index (κ1) is 18.2. The molecule has 140 valence electrons. The van der Waals surface area contributed by atoms with Crippen LogP contribution in [0.1, 0.15) is 18.0 Å². The Labute approximate surface area is 165 Å². The van der Waals surface area contributed by atoms with E-state index in [0.29, 0.717) is 37.3 Å². The Bertz CT molecular complexity index is 1160. The molecule has 3 heterocycles. The number of nitrogens with one attached hydrogen (secondary N) is 1. The quantitative estimate of drug-likeness (QED) is 0.512. The van der Waals surface area contributed by atoms with Crippen molar-refractivity contribution in [1.82, 2.24) is 14.9 Å². The number of fused-ring (bicyclic) bond motifs is 1. The Morgan fingerprint density at radius 2 is 2.04 bits per heavy atom. The van der Waals surface area contributed by atoms with E-state index in [9.17, 15) is 4.79 Å². The third-order valence-corrected chi connectivity index (χ3v) is 5.32. The van der Waals surface area contributed by atoms with Crippen LogP contribution in [-0.4, -0.2) is 21.4 Å². The number of hydrogen-bond donors (Lipinski definition) is 1. The molecular weight excluding hydrogens is 372 g/mol. The zero-order valence-corrected chi connectivity index (χ0v) is 15.9. The van der Waals surface area contributed by atoms with E-state index in [-0.39, 0.29) is 5.56 Å². The summed E-state index contributed by atoms with van der Waals surface area (Å²) < 4.78 is 5.41. The van der Waals surface area contributed by atoms with Crippen LogP contribution in [0.5, 0.6) is 0 Å². The number of H-pyrrole nitrogens is 1. The number of furan rings is 1. The highest BCUT2D eigenvalue weighted by Gasteiger charge is 2.15. The monoisotopic (exact) mass is 390 g/mol. The van der Waals surface area contributed by atoms with Crippen LogP contribution in [0.15, 0.2) is 63.3 Å². The van der Waals surface area contributed by atoms with Crippen LogP contribution < -0.4 is 5.56 Å². The van der Waals surface area contributed by atoms with Gasteiger partial charge in [0.05, 0.1) is 30.8 Å². The maximum Gasteiger partial charge on any atom is 0.260 e. The van der Waals surface area contributed by atoms with Crippen molar-refractivity contribution in [2.24, 2.45) is 0 Å². The average molecular weight is 390 g/mol. The minimum Gasteiger partial charge on any atom is -0.468 e. The summed E-state index contributed by atoms with van der Waals surface area (Å²) >= 11 is 1.47. The average Bonchev–Trinajstić information content (AvgIpc) is 3.37. The number of nitrogens with zero attached hydrogens (tertiary/aromatic N) is 3. The highest BCUT2D eigenvalue weighted by Crippen LogP contribution is 2.30. The van der Waals surface area contributed by atoms with Crippen LogP contribution in [0.4, 0.5) is 0 Å². The third-order valence-electron chi connectivity index (χ3n) is 4.45. The Balaban J connectivity index is 1.63. The number of benzene rings is 1. The predicted molar refractivity (Wildman–Crippen MR) is 109 cm³/mol. The number of rotatable bonds is 7. The van der Waals surface area contributed by atoms with Gasteiger partial charge < -0.3 is 9.40 Å². The Morgan fingerprint density at radius 1 is 1.18 bits per heavy atom. The molecule has 0 fully saturated rings. The van der Waals surface area contributed by atoms with Crippen molar-refractivity contribution < 1.29 is 4.42 Å². The highest BCUT2D eigenvalue weighted by molar-refractivity contribution is 7.17. The Kier molecular flexibility index (Phi) is 5.33. The molecule has 3 aromatic heterocycles. The Morgan fingerprint density at radius 3 is 2.79 bits per heavy atom. The van der Waals surface area contributed by atoms with E-state index >= 15 is 0 Å². The van der Waals surface area contributed by atoms with E-state index in [2.05, 4.69) is 16.0 Å². The van der Waals surface area contributed by atoms with Gasteiger partial charge in [-0.25, -0.2) is 4.98 Å². The number of aromatic amines is 1. The molecule has 0 aliphatic heterocycles. The second-order valence-corrected chi connectivity index (χ2v) is 7.26. The minimum atomic E-state index is -0.140. The van der Waals surface area contributed by atoms with Gasteiger partial charge in [0, 0.05) is 23.9 Å². The maximum atomic E-state index is 12.8. The molecule has 0 saturated carbocycles. The first-order valence-corrected chi connectivity index (χ1v) is 9.80. The molecule has 0 aliphatic carbocycles. The molecule has 0 aliphatic rings. The van der Waals surface area contributed by atoms with E-state index in [0.717, 1.165) is 21.7 Å². The van der Waals surface area contributed by atoms with Crippen molar-refractivity contribution in [3.8, 4) is 17.2 Å². The van der Waals surface area contributed by atoms with Crippen molar-refractivity contribution >= 4 is 21.6 Å². The van der Waals surface area contributed by atoms with E-state index < -0.39 is 0 Å². The smallest absolute Gasteiger partial charge is 0.260 e. The molecular formula is C21H18N4O2S. The summed E-state index contributed by atoms with van der Waals surface area (Å²) in [6, 6.07) is 15.7. The molecule has 0 atom stereocenters. The third kappa shape index (κ3) is 3.88. The van der Waals surface area contributed by atoms with Gasteiger partial charge in [-0.1, -0.05) is 30.3 Å². The fourth-order valence-electron chi connectivity index (χ4n) is 3.16. The van der Waals surface area contributed by atoms with Gasteiger partial charge in [-0.2, -0.15) is 5.26 Å². The number of hydrogen-bond acceptors (Lipinski definition) is 6. The van der Waals surface area contributed by atoms with E-state index in [1.165, 1.54) is 11.3 Å². The van der Waals surface area contributed by atoms with Crippen LogP contribution in [0.2, 0.25) is 0 Å². The van der Waals surface area contributed by atoms with Crippen LogP contribution in [0.3, 0.4) is 0 Å². The van der Waals surface area contributed by atoms with Crippen LogP contribution in [0, 0.1) is 11.3 Å². The van der Waals surface area contributed by atoms with Crippen molar-refractivity contribution in [3.63, 3.8) is 0 Å². The lowest BCUT2D eigenvalue weighted by atomic mass is 10.1. The van der Waals surface area contributed by atoms with Crippen molar-refractivity contribution in [2.75, 3.05) is 6.54 Å². The fraction of sp³-hybridized carbons (Fsp3) is 0.190. The second kappa shape index (κ2) is 8.21. The van der Waals surface area contributed by atoms with Gasteiger partial charge in [0.1, 0.15) is 16.4 Å². The number of nitriles is 1. The van der Waals surface area contributed by atoms with E-state index in [1.54, 1.807) is 6.26 Å². The molecule has 0 bridgehead atoms. The summed E-state index contributed by atoms with van der Waals surface area (Å²) in [4.78, 5) is 23.1. The van der Waals surface area contributed by atoms with E-state index in [4.69, 9.17) is 9.68 Å². The van der Waals surface area contributed by atoms with Gasteiger partial charge in [-0.05, 0) is 17.7 Å². The summed E-state index contributed by atoms with van der Waals surface area (Å²) in [5, 5.41) is 11.5. The molecule has 1 aromatic carbocycles. The van der Waals surface area contributed by atoms with Gasteiger partial charge in [-0.15, -0.1) is 11.3 Å².